The van der Waals surface area contributed by atoms with Crippen molar-refractivity contribution in [3.63, 3.8) is 0 Å². The molecule has 16 heavy (non-hydrogen) atoms. The highest BCUT2D eigenvalue weighted by atomic mass is 16.4. The van der Waals surface area contributed by atoms with E-state index < -0.39 is 19.1 Å². The van der Waals surface area contributed by atoms with Crippen molar-refractivity contribution in [1.82, 2.24) is 0 Å². The summed E-state index contributed by atoms with van der Waals surface area (Å²) in [6, 6.07) is 3.15. The molecular weight excluding hydrogens is 213 g/mol. The topological polar surface area (TPSA) is 124 Å². The van der Waals surface area contributed by atoms with Gasteiger partial charge < -0.3 is 26.0 Å². The van der Waals surface area contributed by atoms with Crippen LogP contribution in [0.15, 0.2) is 18.2 Å². The van der Waals surface area contributed by atoms with Gasteiger partial charge in [0.15, 0.2) is 0 Å². The van der Waals surface area contributed by atoms with Crippen LogP contribution in [0, 0.1) is 0 Å². The molecule has 0 aromatic heterocycles. The smallest absolute Gasteiger partial charge is 0.492 e. The monoisotopic (exact) mass is 225 g/mol. The summed E-state index contributed by atoms with van der Waals surface area (Å²) in [6.07, 6.45) is -0.0816. The summed E-state index contributed by atoms with van der Waals surface area (Å²) in [5, 5.41) is 36.1. The number of phenols is 1. The summed E-state index contributed by atoms with van der Waals surface area (Å²) in [5.41, 5.74) is 5.50. The Labute approximate surface area is 92.1 Å². The summed E-state index contributed by atoms with van der Waals surface area (Å²) >= 11 is 0. The number of benzene rings is 1. The Hall–Kier alpha value is -1.57. The third-order valence-corrected chi connectivity index (χ3v) is 2.19. The molecule has 0 fully saturated rings. The van der Waals surface area contributed by atoms with E-state index in [2.05, 4.69) is 0 Å². The van der Waals surface area contributed by atoms with Crippen LogP contribution in [0.25, 0.3) is 0 Å². The second-order valence-electron chi connectivity index (χ2n) is 3.38. The molecule has 0 unspecified atom stereocenters. The number of carboxylic acid groups (broad SMARTS) is 1. The lowest BCUT2D eigenvalue weighted by atomic mass is 9.78. The van der Waals surface area contributed by atoms with Gasteiger partial charge in [-0.1, -0.05) is 18.2 Å². The first kappa shape index (κ1) is 12.5. The van der Waals surface area contributed by atoms with E-state index in [0.29, 0.717) is 0 Å². The summed E-state index contributed by atoms with van der Waals surface area (Å²) < 4.78 is 0. The van der Waals surface area contributed by atoms with Gasteiger partial charge in [-0.3, -0.25) is 4.79 Å². The second kappa shape index (κ2) is 4.97. The highest BCUT2D eigenvalue weighted by Gasteiger charge is 2.20. The Bertz CT molecular complexity index is 395. The fourth-order valence-corrected chi connectivity index (χ4v) is 1.31. The maximum atomic E-state index is 10.5. The molecule has 0 aliphatic heterocycles. The normalized spacial score (nSPS) is 12.2. The summed E-state index contributed by atoms with van der Waals surface area (Å²) in [4.78, 5) is 10.5. The van der Waals surface area contributed by atoms with Gasteiger partial charge in [0.2, 0.25) is 0 Å². The van der Waals surface area contributed by atoms with Crippen LogP contribution in [0.3, 0.4) is 0 Å². The molecule has 6 nitrogen and oxygen atoms in total. The number of aromatic hydroxyl groups is 1. The quantitative estimate of drug-likeness (QED) is 0.378. The number of phenolic OH excluding ortho intramolecular Hbond substituents is 1. The van der Waals surface area contributed by atoms with Gasteiger partial charge in [0.25, 0.3) is 0 Å². The molecule has 0 spiro atoms. The molecule has 6 N–H and O–H groups in total. The van der Waals surface area contributed by atoms with E-state index in [1.54, 1.807) is 0 Å². The molecule has 0 aliphatic carbocycles. The van der Waals surface area contributed by atoms with Crippen molar-refractivity contribution in [3.8, 4) is 5.75 Å². The number of para-hydroxylation sites is 1. The van der Waals surface area contributed by atoms with Crippen LogP contribution in [0.4, 0.5) is 0 Å². The van der Waals surface area contributed by atoms with Gasteiger partial charge in [0.1, 0.15) is 11.8 Å². The zero-order valence-corrected chi connectivity index (χ0v) is 8.37. The summed E-state index contributed by atoms with van der Waals surface area (Å²) in [6.45, 7) is 0. The highest BCUT2D eigenvalue weighted by molar-refractivity contribution is 6.59. The van der Waals surface area contributed by atoms with E-state index in [-0.39, 0.29) is 23.2 Å². The van der Waals surface area contributed by atoms with Gasteiger partial charge in [-0.25, -0.2) is 0 Å². The van der Waals surface area contributed by atoms with Crippen molar-refractivity contribution in [2.75, 3.05) is 0 Å². The average molecular weight is 225 g/mol. The number of rotatable bonds is 4. The van der Waals surface area contributed by atoms with Crippen LogP contribution in [0.1, 0.15) is 5.56 Å². The van der Waals surface area contributed by atoms with Gasteiger partial charge in [-0.15, -0.1) is 0 Å². The van der Waals surface area contributed by atoms with Crippen molar-refractivity contribution in [2.45, 2.75) is 12.5 Å². The average Bonchev–Trinajstić information content (AvgIpc) is 2.20. The number of hydrogen-bond acceptors (Lipinski definition) is 5. The molecule has 1 atom stereocenters. The zero-order chi connectivity index (χ0) is 12.3. The third-order valence-electron chi connectivity index (χ3n) is 2.19. The molecule has 0 bridgehead atoms. The van der Waals surface area contributed by atoms with Crippen LogP contribution in [0.2, 0.25) is 0 Å². The standard InChI is InChI=1S/C9H12BNO5/c11-7(9(13)14)4-5-2-1-3-6(8(5)12)10(15)16/h1-3,7,12,15-16H,4,11H2,(H,13,14)/t7-/m0/s1. The number of hydrogen-bond donors (Lipinski definition) is 5. The molecule has 7 heteroatoms. The van der Waals surface area contributed by atoms with E-state index in [0.717, 1.165) is 0 Å². The number of aliphatic carboxylic acids is 1. The molecule has 0 radical (unpaired) electrons. The third kappa shape index (κ3) is 2.72. The number of nitrogens with two attached hydrogens (primary N) is 1. The molecule has 1 aromatic carbocycles. The molecule has 1 rings (SSSR count). The van der Waals surface area contributed by atoms with Crippen LogP contribution >= 0.6 is 0 Å². The van der Waals surface area contributed by atoms with Crippen molar-refractivity contribution in [1.29, 1.82) is 0 Å². The maximum absolute atomic E-state index is 10.5. The first-order valence-electron chi connectivity index (χ1n) is 4.58. The lowest BCUT2D eigenvalue weighted by Crippen LogP contribution is -2.34. The minimum atomic E-state index is -1.80. The van der Waals surface area contributed by atoms with E-state index in [1.165, 1.54) is 18.2 Å². The van der Waals surface area contributed by atoms with Crippen molar-refractivity contribution >= 4 is 18.6 Å². The minimum Gasteiger partial charge on any atom is -0.508 e. The fourth-order valence-electron chi connectivity index (χ4n) is 1.31. The largest absolute Gasteiger partial charge is 0.508 e. The maximum Gasteiger partial charge on any atom is 0.492 e. The Morgan fingerprint density at radius 1 is 1.44 bits per heavy atom. The molecule has 86 valence electrons. The van der Waals surface area contributed by atoms with Crippen LogP contribution in [-0.4, -0.2) is 39.4 Å². The van der Waals surface area contributed by atoms with Gasteiger partial charge >= 0.3 is 13.1 Å². The molecule has 0 saturated carbocycles. The van der Waals surface area contributed by atoms with Gasteiger partial charge in [0.05, 0.1) is 0 Å². The van der Waals surface area contributed by atoms with Gasteiger partial charge in [0, 0.05) is 11.9 Å². The predicted octanol–water partition coefficient (Wildman–Crippen LogP) is -1.97. The van der Waals surface area contributed by atoms with Crippen molar-refractivity contribution in [2.24, 2.45) is 5.73 Å². The zero-order valence-electron chi connectivity index (χ0n) is 8.37. The van der Waals surface area contributed by atoms with Crippen molar-refractivity contribution < 1.29 is 25.1 Å². The van der Waals surface area contributed by atoms with E-state index in [1.807, 2.05) is 0 Å². The Balaban J connectivity index is 2.97. The van der Waals surface area contributed by atoms with Crippen molar-refractivity contribution in [3.05, 3.63) is 23.8 Å². The number of carboxylic acids is 1. The Kier molecular flexibility index (Phi) is 3.89. The SMILES string of the molecule is N[C@@H](Cc1cccc(B(O)O)c1O)C(=O)O. The lowest BCUT2D eigenvalue weighted by molar-refractivity contribution is -0.138. The van der Waals surface area contributed by atoms with E-state index >= 15 is 0 Å². The van der Waals surface area contributed by atoms with E-state index in [9.17, 15) is 9.90 Å². The number of carbonyl (C=O) groups is 1. The highest BCUT2D eigenvalue weighted by Crippen LogP contribution is 2.15. The fraction of sp³-hybridized carbons (Fsp3) is 0.222. The Morgan fingerprint density at radius 2 is 2.06 bits per heavy atom. The molecule has 0 saturated heterocycles. The second-order valence-corrected chi connectivity index (χ2v) is 3.38. The molecule has 0 heterocycles. The van der Waals surface area contributed by atoms with Crippen LogP contribution < -0.4 is 11.2 Å². The predicted molar refractivity (Wildman–Crippen MR) is 57.2 cm³/mol. The van der Waals surface area contributed by atoms with Gasteiger partial charge in [-0.05, 0) is 5.56 Å². The minimum absolute atomic E-state index is 0.0740. The summed E-state index contributed by atoms with van der Waals surface area (Å²) in [5.74, 6) is -1.52. The first-order chi connectivity index (χ1) is 7.43. The van der Waals surface area contributed by atoms with Gasteiger partial charge in [-0.2, -0.15) is 0 Å². The molecular formula is C9H12BNO5. The molecule has 0 aliphatic rings. The Morgan fingerprint density at radius 3 is 2.56 bits per heavy atom. The molecule has 0 amide bonds. The molecule has 1 aromatic rings. The van der Waals surface area contributed by atoms with Crippen LogP contribution in [-0.2, 0) is 11.2 Å². The first-order valence-corrected chi connectivity index (χ1v) is 4.58. The van der Waals surface area contributed by atoms with E-state index in [4.69, 9.17) is 20.9 Å². The lowest BCUT2D eigenvalue weighted by Gasteiger charge is -2.11. The summed E-state index contributed by atoms with van der Waals surface area (Å²) in [7, 11) is -1.80. The van der Waals surface area contributed by atoms with Crippen LogP contribution in [0.5, 0.6) is 5.75 Å².